The molecule has 0 atom stereocenters. The van der Waals surface area contributed by atoms with Crippen molar-refractivity contribution in [3.8, 4) is 34.0 Å². The van der Waals surface area contributed by atoms with E-state index in [0.29, 0.717) is 35.2 Å². The maximum Gasteiger partial charge on any atom is 0.417 e. The number of H-pyrrole nitrogens is 1. The molecule has 0 bridgehead atoms. The average Bonchev–Trinajstić information content (AvgIpc) is 3.43. The van der Waals surface area contributed by atoms with E-state index in [2.05, 4.69) is 15.0 Å². The number of nitrogens with two attached hydrogens (primary N) is 1. The quantitative estimate of drug-likeness (QED) is 0.152. The Bertz CT molecular complexity index is 1890. The number of anilines is 1. The summed E-state index contributed by atoms with van der Waals surface area (Å²) in [6.07, 6.45) is -4.11. The van der Waals surface area contributed by atoms with Crippen molar-refractivity contribution < 1.29 is 34.9 Å². The fourth-order valence-electron chi connectivity index (χ4n) is 4.28. The Balaban J connectivity index is 0.000000782. The first-order chi connectivity index (χ1) is 19.8. The Labute approximate surface area is 243 Å². The SMILES string of the molecule is CC(C)(C)Cn1c(N)nc2ccc(-c3[nH]c(-c4c(F)cccc4C(F)(F)F)nc3-c3ccc(F)cc3)nc21.CS(=O)(=O)O. The number of halogens is 5. The number of pyridine rings is 1. The lowest BCUT2D eigenvalue weighted by Crippen LogP contribution is -2.17. The summed E-state index contributed by atoms with van der Waals surface area (Å²) >= 11 is 0. The highest BCUT2D eigenvalue weighted by molar-refractivity contribution is 7.85. The number of nitrogens with one attached hydrogen (secondary N) is 1. The second kappa shape index (κ2) is 11.4. The summed E-state index contributed by atoms with van der Waals surface area (Å²) in [6.45, 7) is 6.60. The van der Waals surface area contributed by atoms with Crippen molar-refractivity contribution in [1.82, 2.24) is 24.5 Å². The average molecular weight is 623 g/mol. The molecule has 0 saturated heterocycles. The van der Waals surface area contributed by atoms with Crippen LogP contribution >= 0.6 is 0 Å². The Hall–Kier alpha value is -4.37. The van der Waals surface area contributed by atoms with E-state index in [0.717, 1.165) is 18.2 Å². The summed E-state index contributed by atoms with van der Waals surface area (Å²) in [5.74, 6) is -1.66. The number of hydrogen-bond acceptors (Lipinski definition) is 6. The van der Waals surface area contributed by atoms with Gasteiger partial charge in [-0.2, -0.15) is 21.6 Å². The molecule has 0 aliphatic carbocycles. The number of benzene rings is 2. The zero-order chi connectivity index (χ0) is 31.9. The van der Waals surface area contributed by atoms with Crippen LogP contribution in [0.3, 0.4) is 0 Å². The van der Waals surface area contributed by atoms with Gasteiger partial charge in [-0.1, -0.05) is 26.8 Å². The van der Waals surface area contributed by atoms with Crippen molar-refractivity contribution in [2.45, 2.75) is 33.5 Å². The van der Waals surface area contributed by atoms with Crippen LogP contribution in [0.1, 0.15) is 26.3 Å². The number of aromatic amines is 1. The zero-order valence-electron chi connectivity index (χ0n) is 23.3. The van der Waals surface area contributed by atoms with E-state index in [-0.39, 0.29) is 28.6 Å². The summed E-state index contributed by atoms with van der Waals surface area (Å²) in [4.78, 5) is 16.3. The third kappa shape index (κ3) is 7.53. The van der Waals surface area contributed by atoms with Gasteiger partial charge >= 0.3 is 6.18 Å². The van der Waals surface area contributed by atoms with E-state index in [1.54, 1.807) is 16.7 Å². The Morgan fingerprint density at radius 1 is 0.953 bits per heavy atom. The van der Waals surface area contributed by atoms with Crippen LogP contribution in [0, 0.1) is 17.0 Å². The summed E-state index contributed by atoms with van der Waals surface area (Å²) in [6, 6.07) is 11.3. The molecule has 0 fully saturated rings. The molecular weight excluding hydrogens is 595 g/mol. The van der Waals surface area contributed by atoms with Crippen LogP contribution in [-0.4, -0.2) is 43.7 Å². The van der Waals surface area contributed by atoms with Crippen molar-refractivity contribution in [1.29, 1.82) is 0 Å². The van der Waals surface area contributed by atoms with Gasteiger partial charge in [0.2, 0.25) is 5.95 Å². The fraction of sp³-hybridized carbons (Fsp3) is 0.250. The standard InChI is InChI=1S/C27H23F5N6.CH4O3S/c1-26(2,3)13-38-24-19(35-25(38)33)12-11-18(34-24)22-21(14-7-9-15(28)10-8-14)36-23(37-22)20-16(27(30,31)32)5-4-6-17(20)29;1-5(2,3)4/h4-12H,13H2,1-3H3,(H2,33,35)(H,36,37);1H3,(H,2,3,4). The number of aromatic nitrogens is 5. The number of nitrogen functional groups attached to an aromatic ring is 1. The number of hydrogen-bond donors (Lipinski definition) is 3. The summed E-state index contributed by atoms with van der Waals surface area (Å²) in [5.41, 5.74) is 6.22. The van der Waals surface area contributed by atoms with Gasteiger partial charge in [0.15, 0.2) is 5.65 Å². The van der Waals surface area contributed by atoms with E-state index in [9.17, 15) is 30.4 Å². The van der Waals surface area contributed by atoms with Gasteiger partial charge in [-0.3, -0.25) is 9.12 Å². The smallest absolute Gasteiger partial charge is 0.369 e. The van der Waals surface area contributed by atoms with Crippen LogP contribution in [0.4, 0.5) is 27.9 Å². The second-order valence-electron chi connectivity index (χ2n) is 10.9. The molecule has 0 spiro atoms. The zero-order valence-corrected chi connectivity index (χ0v) is 24.1. The van der Waals surface area contributed by atoms with Gasteiger partial charge in [0.1, 0.15) is 23.0 Å². The Morgan fingerprint density at radius 3 is 2.16 bits per heavy atom. The molecule has 0 aliphatic heterocycles. The maximum absolute atomic E-state index is 14.8. The Kier molecular flexibility index (Phi) is 8.35. The van der Waals surface area contributed by atoms with Gasteiger partial charge in [0.05, 0.1) is 34.5 Å². The molecule has 2 aromatic carbocycles. The molecule has 3 heterocycles. The third-order valence-corrected chi connectivity index (χ3v) is 5.89. The molecule has 0 radical (unpaired) electrons. The molecule has 15 heteroatoms. The van der Waals surface area contributed by atoms with Gasteiger partial charge in [-0.05, 0) is 53.9 Å². The monoisotopic (exact) mass is 622 g/mol. The lowest BCUT2D eigenvalue weighted by Gasteiger charge is -2.19. The molecule has 0 aliphatic rings. The van der Waals surface area contributed by atoms with Crippen molar-refractivity contribution >= 4 is 27.2 Å². The molecule has 0 amide bonds. The summed E-state index contributed by atoms with van der Waals surface area (Å²) in [5, 5.41) is 0. The largest absolute Gasteiger partial charge is 0.417 e. The lowest BCUT2D eigenvalue weighted by atomic mass is 9.97. The van der Waals surface area contributed by atoms with Gasteiger partial charge < -0.3 is 10.7 Å². The van der Waals surface area contributed by atoms with Crippen molar-refractivity contribution in [2.24, 2.45) is 5.41 Å². The van der Waals surface area contributed by atoms with Gasteiger partial charge in [-0.15, -0.1) is 0 Å². The van der Waals surface area contributed by atoms with Crippen LogP contribution in [0.2, 0.25) is 0 Å². The fourth-order valence-corrected chi connectivity index (χ4v) is 4.28. The molecule has 3 aromatic heterocycles. The normalized spacial score (nSPS) is 12.3. The van der Waals surface area contributed by atoms with Crippen LogP contribution < -0.4 is 5.73 Å². The van der Waals surface area contributed by atoms with E-state index in [1.165, 1.54) is 24.3 Å². The minimum atomic E-state index is -4.82. The van der Waals surface area contributed by atoms with E-state index in [1.807, 2.05) is 20.8 Å². The molecule has 5 aromatic rings. The summed E-state index contributed by atoms with van der Waals surface area (Å²) < 4.78 is 97.5. The number of alkyl halides is 3. The van der Waals surface area contributed by atoms with Crippen LogP contribution in [0.15, 0.2) is 54.6 Å². The summed E-state index contributed by atoms with van der Waals surface area (Å²) in [7, 11) is -3.67. The first-order valence-electron chi connectivity index (χ1n) is 12.6. The van der Waals surface area contributed by atoms with Crippen molar-refractivity contribution in [2.75, 3.05) is 12.0 Å². The molecule has 228 valence electrons. The second-order valence-corrected chi connectivity index (χ2v) is 12.3. The van der Waals surface area contributed by atoms with Gasteiger partial charge in [0, 0.05) is 12.1 Å². The maximum atomic E-state index is 14.8. The number of fused-ring (bicyclic) bond motifs is 1. The predicted octanol–water partition coefficient (Wildman–Crippen LogP) is 6.58. The number of imidazole rings is 2. The third-order valence-electron chi connectivity index (χ3n) is 5.89. The van der Waals surface area contributed by atoms with Crippen LogP contribution in [0.5, 0.6) is 0 Å². The van der Waals surface area contributed by atoms with E-state index in [4.69, 9.17) is 15.3 Å². The highest BCUT2D eigenvalue weighted by Crippen LogP contribution is 2.40. The van der Waals surface area contributed by atoms with Crippen molar-refractivity contribution in [3.05, 3.63) is 71.8 Å². The molecule has 9 nitrogen and oxygen atoms in total. The van der Waals surface area contributed by atoms with Crippen molar-refractivity contribution in [3.63, 3.8) is 0 Å². The highest BCUT2D eigenvalue weighted by atomic mass is 32.2. The molecule has 5 rings (SSSR count). The highest BCUT2D eigenvalue weighted by Gasteiger charge is 2.36. The number of nitrogens with zero attached hydrogens (tertiary/aromatic N) is 4. The first kappa shape index (κ1) is 31.6. The lowest BCUT2D eigenvalue weighted by molar-refractivity contribution is -0.137. The molecule has 0 unspecified atom stereocenters. The molecular formula is C28H27F5N6O3S. The molecule has 0 saturated carbocycles. The predicted molar refractivity (Wildman–Crippen MR) is 152 cm³/mol. The first-order valence-corrected chi connectivity index (χ1v) is 14.4. The molecule has 43 heavy (non-hydrogen) atoms. The minimum absolute atomic E-state index is 0.154. The Morgan fingerprint density at radius 2 is 1.58 bits per heavy atom. The van der Waals surface area contributed by atoms with Crippen LogP contribution in [-0.2, 0) is 22.8 Å². The van der Waals surface area contributed by atoms with E-state index >= 15 is 0 Å². The van der Waals surface area contributed by atoms with Gasteiger partial charge in [0.25, 0.3) is 10.1 Å². The van der Waals surface area contributed by atoms with Gasteiger partial charge in [-0.25, -0.2) is 23.7 Å². The minimum Gasteiger partial charge on any atom is -0.369 e. The van der Waals surface area contributed by atoms with Crippen LogP contribution in [0.25, 0.3) is 45.2 Å². The number of rotatable bonds is 4. The van der Waals surface area contributed by atoms with E-state index < -0.39 is 39.1 Å². The molecule has 4 N–H and O–H groups in total. The topological polar surface area (TPSA) is 140 Å².